The Kier molecular flexibility index (Phi) is 23.9. The summed E-state index contributed by atoms with van der Waals surface area (Å²) in [4.78, 5) is 8.47. The van der Waals surface area contributed by atoms with Crippen molar-refractivity contribution in [3.05, 3.63) is 529 Å². The van der Waals surface area contributed by atoms with E-state index in [0.717, 1.165) is 143 Å². The number of halogens is 10. The Labute approximate surface area is 837 Å². The Bertz CT molecular complexity index is 8450. The summed E-state index contributed by atoms with van der Waals surface area (Å²) in [6, 6.07) is 135. The summed E-state index contributed by atoms with van der Waals surface area (Å²) in [6.07, 6.45) is 0. The van der Waals surface area contributed by atoms with Gasteiger partial charge in [0.25, 0.3) is 0 Å². The first-order valence-electron chi connectivity index (χ1n) is 48.0. The third kappa shape index (κ3) is 18.0. The standard InChI is InChI=1S/C68H48F4N2.C64H38F6N2/c1-41-25-42(2)28-59(27-41)73(61-37-51(47-9-5-13-55(69)33-47)31-52(38-61)48-10-6-14-56(70)34-48)65-23-19-45-18-22-64-66(24-20-46-17-21-63(65)67(45)68(46)64)74(60-29-43(3)26-44(4)30-60)62-39-53(49-11-7-15-57(71)35-49)32-54(40-62)50-12-8-16-58(72)36-50;65-49-11-1-7-41(29-49)45-27-46(42-8-2-12-50(66)30-42)34-57(33-45)71(55-17-5-15-53(69)37-55)61-25-21-39-20-24-60-62(26-22-40-19-23-59(61)63(39)64(40)60)72(56-18-6-16-54(70)38-56)58-35-47(43-9-3-13-51(67)31-43)28-48(36-58)44-10-4-14-52(68)32-44/h5-40H,1-4H3;1-38H. The first-order chi connectivity index (χ1) is 71.0. The van der Waals surface area contributed by atoms with Gasteiger partial charge in [-0.05, 0) is 437 Å². The molecule has 24 rings (SSSR count). The van der Waals surface area contributed by atoms with Crippen LogP contribution in [0.1, 0.15) is 22.3 Å². The fraction of sp³-hybridized carbons (Fsp3) is 0.0303. The van der Waals surface area contributed by atoms with Crippen LogP contribution >= 0.6 is 0 Å². The minimum atomic E-state index is -0.453. The first-order valence-corrected chi connectivity index (χ1v) is 48.0. The van der Waals surface area contributed by atoms with Crippen LogP contribution in [-0.2, 0) is 0 Å². The predicted molar refractivity (Wildman–Crippen MR) is 581 cm³/mol. The van der Waals surface area contributed by atoms with E-state index in [-0.39, 0.29) is 23.3 Å². The maximum Gasteiger partial charge on any atom is 0.125 e. The topological polar surface area (TPSA) is 13.0 Å². The van der Waals surface area contributed by atoms with Gasteiger partial charge in [-0.2, -0.15) is 0 Å². The second-order valence-electron chi connectivity index (χ2n) is 37.3. The molecule has 0 fully saturated rings. The molecule has 0 heterocycles. The van der Waals surface area contributed by atoms with E-state index in [1.54, 1.807) is 60.7 Å². The second kappa shape index (κ2) is 38.0. The fourth-order valence-corrected chi connectivity index (χ4v) is 21.1. The van der Waals surface area contributed by atoms with Crippen molar-refractivity contribution in [2.75, 3.05) is 19.6 Å². The van der Waals surface area contributed by atoms with Crippen molar-refractivity contribution in [1.82, 2.24) is 0 Å². The van der Waals surface area contributed by atoms with Gasteiger partial charge in [-0.25, -0.2) is 43.9 Å². The Balaban J connectivity index is 0.000000161. The Morgan fingerprint density at radius 3 is 0.479 bits per heavy atom. The third-order valence-corrected chi connectivity index (χ3v) is 27.2. The zero-order chi connectivity index (χ0) is 99.8. The fourth-order valence-electron chi connectivity index (χ4n) is 21.1. The monoisotopic (exact) mass is 1920 g/mol. The molecule has 0 amide bonds. The molecule has 0 unspecified atom stereocenters. The minimum Gasteiger partial charge on any atom is -0.310 e. The van der Waals surface area contributed by atoms with E-state index in [2.05, 4.69) is 147 Å². The Hall–Kier alpha value is -18.1. The van der Waals surface area contributed by atoms with E-state index in [4.69, 9.17) is 0 Å². The highest BCUT2D eigenvalue weighted by molar-refractivity contribution is 6.30. The van der Waals surface area contributed by atoms with Gasteiger partial charge >= 0.3 is 0 Å². The summed E-state index contributed by atoms with van der Waals surface area (Å²) in [5, 5.41) is 11.6. The lowest BCUT2D eigenvalue weighted by atomic mass is 9.91. The van der Waals surface area contributed by atoms with Gasteiger partial charge < -0.3 is 19.6 Å². The molecule has 0 bridgehead atoms. The number of anilines is 12. The highest BCUT2D eigenvalue weighted by Gasteiger charge is 2.30. The van der Waals surface area contributed by atoms with E-state index >= 15 is 26.3 Å². The average molecular weight is 1920 g/mol. The van der Waals surface area contributed by atoms with Crippen LogP contribution in [0.5, 0.6) is 0 Å². The summed E-state index contributed by atoms with van der Waals surface area (Å²) in [7, 11) is 0. The largest absolute Gasteiger partial charge is 0.310 e. The summed E-state index contributed by atoms with van der Waals surface area (Å²) >= 11 is 0. The van der Waals surface area contributed by atoms with Crippen LogP contribution in [0.25, 0.3) is 154 Å². The van der Waals surface area contributed by atoms with E-state index in [1.807, 2.05) is 168 Å². The zero-order valence-corrected chi connectivity index (χ0v) is 79.3. The smallest absolute Gasteiger partial charge is 0.125 e. The highest BCUT2D eigenvalue weighted by atomic mass is 19.2. The van der Waals surface area contributed by atoms with Crippen molar-refractivity contribution in [2.45, 2.75) is 27.7 Å². The summed E-state index contributed by atoms with van der Waals surface area (Å²) in [6.45, 7) is 8.38. The SMILES string of the molecule is Cc1cc(C)cc(N(c2cc(-c3cccc(F)c3)cc(-c3cccc(F)c3)c2)c2ccc3ccc4c(N(c5cc(C)cc(C)c5)c5cc(-c6cccc(F)c6)cc(-c6cccc(F)c6)c5)ccc5ccc2c3c54)c1.Fc1cccc(-c2cc(-c3cccc(F)c3)cc(N(c3cccc(F)c3)c3ccc4ccc5c(N(c6cccc(F)c6)c6cc(-c7cccc(F)c7)cc(-c7cccc(F)c7)c6)ccc6ccc3c4c65)c2)c1. The number of hydrogen-bond acceptors (Lipinski definition) is 4. The maximum absolute atomic E-state index is 15.5. The van der Waals surface area contributed by atoms with E-state index in [1.165, 1.54) is 121 Å². The molecule has 0 saturated heterocycles. The molecule has 0 aliphatic heterocycles. The number of rotatable bonds is 20. The Morgan fingerprint density at radius 1 is 0.130 bits per heavy atom. The summed E-state index contributed by atoms with van der Waals surface area (Å²) < 4.78 is 151. The molecule has 146 heavy (non-hydrogen) atoms. The third-order valence-electron chi connectivity index (χ3n) is 27.2. The van der Waals surface area contributed by atoms with Gasteiger partial charge in [-0.15, -0.1) is 0 Å². The molecular weight excluding hydrogens is 1830 g/mol. The van der Waals surface area contributed by atoms with E-state index in [9.17, 15) is 17.6 Å². The lowest BCUT2D eigenvalue weighted by molar-refractivity contribution is 0.627. The van der Waals surface area contributed by atoms with Crippen LogP contribution in [0.15, 0.2) is 449 Å². The molecule has 0 atom stereocenters. The summed E-state index contributed by atoms with van der Waals surface area (Å²) in [5.74, 6) is -3.96. The van der Waals surface area contributed by atoms with Gasteiger partial charge in [-0.3, -0.25) is 0 Å². The lowest BCUT2D eigenvalue weighted by Gasteiger charge is -2.31. The van der Waals surface area contributed by atoms with E-state index < -0.39 is 34.9 Å². The molecule has 704 valence electrons. The summed E-state index contributed by atoms with van der Waals surface area (Å²) in [5.41, 5.74) is 24.4. The molecule has 24 aromatic carbocycles. The molecule has 0 N–H and O–H groups in total. The molecule has 0 spiro atoms. The predicted octanol–water partition coefficient (Wildman–Crippen LogP) is 39.0. The molecule has 0 radical (unpaired) electrons. The normalized spacial score (nSPS) is 11.5. The number of benzene rings is 24. The van der Waals surface area contributed by atoms with Crippen molar-refractivity contribution >= 4 is 133 Å². The van der Waals surface area contributed by atoms with Gasteiger partial charge in [0.15, 0.2) is 0 Å². The quantitative estimate of drug-likeness (QED) is 0.0557. The second-order valence-corrected chi connectivity index (χ2v) is 37.3. The van der Waals surface area contributed by atoms with Crippen LogP contribution in [0.4, 0.5) is 112 Å². The first kappa shape index (κ1) is 91.6. The molecule has 24 aromatic rings. The molecule has 0 aliphatic rings. The van der Waals surface area contributed by atoms with Crippen molar-refractivity contribution in [3.8, 4) is 89.0 Å². The minimum absolute atomic E-state index is 0.347. The van der Waals surface area contributed by atoms with Crippen LogP contribution < -0.4 is 19.6 Å². The molecule has 14 heteroatoms. The molecule has 0 aromatic heterocycles. The van der Waals surface area contributed by atoms with Crippen LogP contribution in [0.3, 0.4) is 0 Å². The van der Waals surface area contributed by atoms with E-state index in [0.29, 0.717) is 101 Å². The Morgan fingerprint density at radius 2 is 0.295 bits per heavy atom. The molecule has 0 saturated carbocycles. The number of aryl methyl sites for hydroxylation is 4. The van der Waals surface area contributed by atoms with Crippen LogP contribution in [0.2, 0.25) is 0 Å². The van der Waals surface area contributed by atoms with Gasteiger partial charge in [0, 0.05) is 67.0 Å². The van der Waals surface area contributed by atoms with Crippen molar-refractivity contribution in [1.29, 1.82) is 0 Å². The van der Waals surface area contributed by atoms with Gasteiger partial charge in [-0.1, -0.05) is 194 Å². The van der Waals surface area contributed by atoms with Crippen molar-refractivity contribution < 1.29 is 43.9 Å². The van der Waals surface area contributed by atoms with Crippen molar-refractivity contribution in [2.24, 2.45) is 0 Å². The van der Waals surface area contributed by atoms with Gasteiger partial charge in [0.1, 0.15) is 58.2 Å². The highest BCUT2D eigenvalue weighted by Crippen LogP contribution is 2.54. The molecular formula is C132H86F10N4. The lowest BCUT2D eigenvalue weighted by Crippen LogP contribution is -2.12. The maximum atomic E-state index is 15.5. The van der Waals surface area contributed by atoms with Crippen LogP contribution in [-0.4, -0.2) is 0 Å². The number of nitrogens with zero attached hydrogens (tertiary/aromatic N) is 4. The zero-order valence-electron chi connectivity index (χ0n) is 79.3. The van der Waals surface area contributed by atoms with Gasteiger partial charge in [0.2, 0.25) is 0 Å². The average Bonchev–Trinajstić information content (AvgIpc) is 0.718. The molecule has 4 nitrogen and oxygen atoms in total. The molecule has 0 aliphatic carbocycles. The van der Waals surface area contributed by atoms with Gasteiger partial charge in [0.05, 0.1) is 22.7 Å². The van der Waals surface area contributed by atoms with Crippen molar-refractivity contribution in [3.63, 3.8) is 0 Å². The van der Waals surface area contributed by atoms with Crippen LogP contribution in [0, 0.1) is 85.9 Å². The number of hydrogen-bond donors (Lipinski definition) is 0.